The van der Waals surface area contributed by atoms with Crippen LogP contribution in [0.5, 0.6) is 5.75 Å². The van der Waals surface area contributed by atoms with Crippen LogP contribution in [-0.4, -0.2) is 15.2 Å². The van der Waals surface area contributed by atoms with E-state index in [9.17, 15) is 0 Å². The van der Waals surface area contributed by atoms with Crippen molar-refractivity contribution in [3.63, 3.8) is 0 Å². The van der Waals surface area contributed by atoms with Crippen molar-refractivity contribution in [2.45, 2.75) is 78.3 Å². The van der Waals surface area contributed by atoms with E-state index in [1.54, 1.807) is 0 Å². The smallest absolute Gasteiger partial charge is 0.398 e. The van der Waals surface area contributed by atoms with Gasteiger partial charge in [0.05, 0.1) is 5.02 Å². The van der Waals surface area contributed by atoms with Gasteiger partial charge in [0.15, 0.2) is 0 Å². The third-order valence-electron chi connectivity index (χ3n) is 4.32. The van der Waals surface area contributed by atoms with E-state index in [1.807, 2.05) is 18.2 Å². The van der Waals surface area contributed by atoms with Crippen LogP contribution in [-0.2, 0) is 4.43 Å². The summed E-state index contributed by atoms with van der Waals surface area (Å²) in [7, 11) is -2.20. The molecule has 0 aliphatic rings. The molecule has 0 amide bonds. The van der Waals surface area contributed by atoms with Gasteiger partial charge in [-0.3, -0.25) is 0 Å². The molecule has 4 heteroatoms. The summed E-state index contributed by atoms with van der Waals surface area (Å²) >= 11 is 6.29. The molecule has 1 aromatic rings. The number of hydrogen-bond acceptors (Lipinski definition) is 2. The zero-order valence-corrected chi connectivity index (χ0v) is 17.0. The van der Waals surface area contributed by atoms with Crippen LogP contribution in [0.4, 0.5) is 0 Å². The summed E-state index contributed by atoms with van der Waals surface area (Å²) in [6.07, 6.45) is 7.68. The zero-order valence-electron chi connectivity index (χ0n) is 15.3. The summed E-state index contributed by atoms with van der Waals surface area (Å²) in [5.74, 6) is 0.782. The Kier molecular flexibility index (Phi) is 9.92. The first kappa shape index (κ1) is 20.5. The van der Waals surface area contributed by atoms with Crippen LogP contribution < -0.4 is 4.43 Å². The molecule has 0 atom stereocenters. The van der Waals surface area contributed by atoms with E-state index in [0.29, 0.717) is 5.02 Å². The summed E-state index contributed by atoms with van der Waals surface area (Å²) in [5, 5.41) is 0.678. The number of halogens is 1. The monoisotopic (exact) mass is 356 g/mol. The zero-order chi connectivity index (χ0) is 17.1. The van der Waals surface area contributed by atoms with E-state index in [-0.39, 0.29) is 0 Å². The molecule has 132 valence electrons. The van der Waals surface area contributed by atoms with E-state index in [1.165, 1.54) is 32.1 Å². The highest BCUT2D eigenvalue weighted by atomic mass is 35.5. The average Bonchev–Trinajstić information content (AvgIpc) is 2.56. The summed E-state index contributed by atoms with van der Waals surface area (Å²) in [4.78, 5) is 0. The SMILES string of the molecule is CCCCCCCCO[Si](CC)(CC)Oc1cc(C)ccc1Cl. The Labute approximate surface area is 148 Å². The Morgan fingerprint density at radius 3 is 2.26 bits per heavy atom. The van der Waals surface area contributed by atoms with Crippen molar-refractivity contribution in [2.75, 3.05) is 6.61 Å². The predicted octanol–water partition coefficient (Wildman–Crippen LogP) is 6.89. The maximum absolute atomic E-state index is 6.34. The molecule has 0 aliphatic heterocycles. The Morgan fingerprint density at radius 2 is 1.61 bits per heavy atom. The van der Waals surface area contributed by atoms with Gasteiger partial charge < -0.3 is 8.85 Å². The fourth-order valence-electron chi connectivity index (χ4n) is 2.66. The summed E-state index contributed by atoms with van der Waals surface area (Å²) in [6, 6.07) is 7.83. The minimum Gasteiger partial charge on any atom is -0.519 e. The number of aryl methyl sites for hydroxylation is 1. The normalized spacial score (nSPS) is 11.7. The lowest BCUT2D eigenvalue weighted by atomic mass is 10.1. The molecule has 0 aromatic heterocycles. The van der Waals surface area contributed by atoms with Crippen LogP contribution in [0, 0.1) is 6.92 Å². The Bertz CT molecular complexity index is 447. The Balaban J connectivity index is 2.52. The Hall–Kier alpha value is -0.513. The van der Waals surface area contributed by atoms with E-state index in [2.05, 4.69) is 27.7 Å². The quantitative estimate of drug-likeness (QED) is 0.300. The van der Waals surface area contributed by atoms with Crippen LogP contribution in [0.1, 0.15) is 64.9 Å². The highest BCUT2D eigenvalue weighted by molar-refractivity contribution is 6.68. The molecule has 1 aromatic carbocycles. The van der Waals surface area contributed by atoms with Gasteiger partial charge in [-0.15, -0.1) is 0 Å². The number of benzene rings is 1. The molecule has 0 aliphatic carbocycles. The standard InChI is InChI=1S/C19H33ClO2Si/c1-5-8-9-10-11-12-15-21-23(6-2,7-3)22-19-16-17(4)13-14-18(19)20/h13-14,16H,5-12,15H2,1-4H3. The van der Waals surface area contributed by atoms with Crippen molar-refractivity contribution in [1.82, 2.24) is 0 Å². The molecule has 1 rings (SSSR count). The van der Waals surface area contributed by atoms with Gasteiger partial charge in [-0.1, -0.05) is 70.5 Å². The molecule has 0 unspecified atom stereocenters. The van der Waals surface area contributed by atoms with Gasteiger partial charge in [-0.25, -0.2) is 0 Å². The second kappa shape index (κ2) is 11.1. The van der Waals surface area contributed by atoms with Gasteiger partial charge in [-0.05, 0) is 43.1 Å². The maximum atomic E-state index is 6.34. The van der Waals surface area contributed by atoms with Crippen molar-refractivity contribution >= 4 is 20.2 Å². The molecule has 0 bridgehead atoms. The van der Waals surface area contributed by atoms with Crippen LogP contribution in [0.3, 0.4) is 0 Å². The molecule has 0 saturated carbocycles. The molecule has 0 fully saturated rings. The van der Waals surface area contributed by atoms with Crippen LogP contribution >= 0.6 is 11.6 Å². The van der Waals surface area contributed by atoms with Gasteiger partial charge in [-0.2, -0.15) is 0 Å². The molecule has 23 heavy (non-hydrogen) atoms. The van der Waals surface area contributed by atoms with Crippen molar-refractivity contribution in [1.29, 1.82) is 0 Å². The van der Waals surface area contributed by atoms with Crippen LogP contribution in [0.2, 0.25) is 17.1 Å². The first-order valence-electron chi connectivity index (χ1n) is 9.16. The highest BCUT2D eigenvalue weighted by Gasteiger charge is 2.36. The van der Waals surface area contributed by atoms with Gasteiger partial charge >= 0.3 is 8.56 Å². The lowest BCUT2D eigenvalue weighted by Crippen LogP contribution is -2.44. The molecule has 2 nitrogen and oxygen atoms in total. The van der Waals surface area contributed by atoms with Gasteiger partial charge in [0.2, 0.25) is 0 Å². The second-order valence-electron chi connectivity index (χ2n) is 6.27. The van der Waals surface area contributed by atoms with Crippen molar-refractivity contribution in [2.24, 2.45) is 0 Å². The number of unbranched alkanes of at least 4 members (excludes halogenated alkanes) is 5. The summed E-state index contributed by atoms with van der Waals surface area (Å²) in [6.45, 7) is 9.45. The topological polar surface area (TPSA) is 18.5 Å². The fourth-order valence-corrected chi connectivity index (χ4v) is 5.22. The fraction of sp³-hybridized carbons (Fsp3) is 0.684. The third kappa shape index (κ3) is 7.28. The van der Waals surface area contributed by atoms with Crippen molar-refractivity contribution in [3.8, 4) is 5.75 Å². The second-order valence-corrected chi connectivity index (χ2v) is 10.4. The van der Waals surface area contributed by atoms with E-state index < -0.39 is 8.56 Å². The summed E-state index contributed by atoms with van der Waals surface area (Å²) < 4.78 is 12.6. The van der Waals surface area contributed by atoms with Crippen LogP contribution in [0.15, 0.2) is 18.2 Å². The van der Waals surface area contributed by atoms with Gasteiger partial charge in [0, 0.05) is 6.61 Å². The average molecular weight is 357 g/mol. The largest absolute Gasteiger partial charge is 0.519 e. The molecule has 0 N–H and O–H groups in total. The minimum atomic E-state index is -2.20. The maximum Gasteiger partial charge on any atom is 0.398 e. The lowest BCUT2D eigenvalue weighted by Gasteiger charge is -2.30. The van der Waals surface area contributed by atoms with E-state index in [4.69, 9.17) is 20.5 Å². The predicted molar refractivity (Wildman–Crippen MR) is 103 cm³/mol. The molecule has 0 radical (unpaired) electrons. The van der Waals surface area contributed by atoms with Crippen LogP contribution in [0.25, 0.3) is 0 Å². The third-order valence-corrected chi connectivity index (χ3v) is 8.11. The number of hydrogen-bond donors (Lipinski definition) is 0. The van der Waals surface area contributed by atoms with Crippen molar-refractivity contribution < 1.29 is 8.85 Å². The first-order valence-corrected chi connectivity index (χ1v) is 11.8. The summed E-state index contributed by atoms with van der Waals surface area (Å²) in [5.41, 5.74) is 1.16. The lowest BCUT2D eigenvalue weighted by molar-refractivity contribution is 0.230. The van der Waals surface area contributed by atoms with Crippen molar-refractivity contribution in [3.05, 3.63) is 28.8 Å². The molecule has 0 heterocycles. The first-order chi connectivity index (χ1) is 11.1. The molecular weight excluding hydrogens is 324 g/mol. The highest BCUT2D eigenvalue weighted by Crippen LogP contribution is 2.30. The Morgan fingerprint density at radius 1 is 0.957 bits per heavy atom. The van der Waals surface area contributed by atoms with Gasteiger partial charge in [0.1, 0.15) is 5.75 Å². The van der Waals surface area contributed by atoms with Gasteiger partial charge in [0.25, 0.3) is 0 Å². The molecule has 0 spiro atoms. The van der Waals surface area contributed by atoms with E-state index in [0.717, 1.165) is 36.4 Å². The minimum absolute atomic E-state index is 0.678. The molecular formula is C19H33ClO2Si. The van der Waals surface area contributed by atoms with E-state index >= 15 is 0 Å². The molecule has 0 saturated heterocycles. The number of rotatable bonds is 12.